The molecule has 0 radical (unpaired) electrons. The van der Waals surface area contributed by atoms with Gasteiger partial charge < -0.3 is 20.4 Å². The van der Waals surface area contributed by atoms with Crippen molar-refractivity contribution in [3.63, 3.8) is 0 Å². The van der Waals surface area contributed by atoms with Crippen LogP contribution in [0.1, 0.15) is 43.1 Å². The highest BCUT2D eigenvalue weighted by Gasteiger charge is 2.13. The van der Waals surface area contributed by atoms with Crippen molar-refractivity contribution >= 4 is 11.9 Å². The first kappa shape index (κ1) is 24.0. The van der Waals surface area contributed by atoms with Crippen LogP contribution in [0.2, 0.25) is 0 Å². The van der Waals surface area contributed by atoms with Crippen LogP contribution in [0.3, 0.4) is 0 Å². The summed E-state index contributed by atoms with van der Waals surface area (Å²) in [6, 6.07) is 8.27. The van der Waals surface area contributed by atoms with Gasteiger partial charge in [0, 0.05) is 38.8 Å². The summed E-state index contributed by atoms with van der Waals surface area (Å²) in [7, 11) is 7.78. The topological polar surface area (TPSA) is 60.0 Å². The van der Waals surface area contributed by atoms with Crippen LogP contribution in [0, 0.1) is 5.92 Å². The Morgan fingerprint density at radius 3 is 2.43 bits per heavy atom. The molecule has 0 saturated carbocycles. The van der Waals surface area contributed by atoms with E-state index in [1.54, 1.807) is 19.0 Å². The van der Waals surface area contributed by atoms with Crippen molar-refractivity contribution in [2.75, 3.05) is 47.8 Å². The van der Waals surface area contributed by atoms with Gasteiger partial charge in [0.15, 0.2) is 5.96 Å². The molecule has 158 valence electrons. The molecule has 1 atom stereocenters. The Morgan fingerprint density at radius 2 is 1.86 bits per heavy atom. The van der Waals surface area contributed by atoms with E-state index in [-0.39, 0.29) is 5.91 Å². The van der Waals surface area contributed by atoms with Gasteiger partial charge in [-0.1, -0.05) is 26.0 Å². The molecule has 0 aliphatic carbocycles. The average molecular weight is 390 g/mol. The summed E-state index contributed by atoms with van der Waals surface area (Å²) < 4.78 is 0. The summed E-state index contributed by atoms with van der Waals surface area (Å²) in [6.07, 6.45) is 1.96. The molecule has 2 N–H and O–H groups in total. The van der Waals surface area contributed by atoms with Crippen molar-refractivity contribution < 1.29 is 4.79 Å². The first-order chi connectivity index (χ1) is 13.2. The zero-order chi connectivity index (χ0) is 21.1. The average Bonchev–Trinajstić information content (AvgIpc) is 2.64. The number of benzene rings is 1. The largest absolute Gasteiger partial charge is 0.357 e. The molecule has 0 heterocycles. The lowest BCUT2D eigenvalue weighted by atomic mass is 10.0. The predicted molar refractivity (Wildman–Crippen MR) is 119 cm³/mol. The Kier molecular flexibility index (Phi) is 10.6. The van der Waals surface area contributed by atoms with Crippen molar-refractivity contribution in [3.05, 3.63) is 35.4 Å². The molecular weight excluding hydrogens is 350 g/mol. The molecule has 1 rings (SSSR count). The van der Waals surface area contributed by atoms with Crippen LogP contribution >= 0.6 is 0 Å². The van der Waals surface area contributed by atoms with Gasteiger partial charge in [-0.15, -0.1) is 0 Å². The minimum atomic E-state index is 0.0320. The first-order valence-corrected chi connectivity index (χ1v) is 10.2. The summed E-state index contributed by atoms with van der Waals surface area (Å²) in [6.45, 7) is 8.94. The molecule has 0 bridgehead atoms. The molecule has 28 heavy (non-hydrogen) atoms. The zero-order valence-electron chi connectivity index (χ0n) is 18.7. The number of nitrogens with one attached hydrogen (secondary N) is 2. The van der Waals surface area contributed by atoms with E-state index in [1.165, 1.54) is 0 Å². The maximum Gasteiger partial charge on any atom is 0.253 e. The lowest BCUT2D eigenvalue weighted by Crippen LogP contribution is -2.40. The van der Waals surface area contributed by atoms with Gasteiger partial charge in [-0.05, 0) is 57.5 Å². The third kappa shape index (κ3) is 8.74. The molecule has 6 heteroatoms. The van der Waals surface area contributed by atoms with Gasteiger partial charge in [-0.3, -0.25) is 9.79 Å². The standard InChI is InChI=1S/C22H39N5O/c1-8-23-22(25-16-20(26(4)5)14-17(2)3)24-13-12-18-10-9-11-19(15-18)21(28)27(6)7/h9-11,15,17,20H,8,12-14,16H2,1-7H3,(H2,23,24,25). The maximum absolute atomic E-state index is 12.1. The quantitative estimate of drug-likeness (QED) is 0.477. The van der Waals surface area contributed by atoms with Crippen molar-refractivity contribution in [2.24, 2.45) is 10.9 Å². The van der Waals surface area contributed by atoms with Crippen LogP contribution in [0.5, 0.6) is 0 Å². The van der Waals surface area contributed by atoms with E-state index in [1.807, 2.05) is 18.2 Å². The minimum absolute atomic E-state index is 0.0320. The number of aliphatic imine (C=N–C) groups is 1. The number of amides is 1. The molecule has 0 fully saturated rings. The summed E-state index contributed by atoms with van der Waals surface area (Å²) in [5, 5.41) is 6.73. The molecule has 1 aromatic rings. The fourth-order valence-corrected chi connectivity index (χ4v) is 2.97. The van der Waals surface area contributed by atoms with Crippen LogP contribution in [-0.4, -0.2) is 75.5 Å². The molecule has 1 unspecified atom stereocenters. The Hall–Kier alpha value is -2.08. The lowest BCUT2D eigenvalue weighted by molar-refractivity contribution is 0.0827. The Balaban J connectivity index is 2.66. The number of likely N-dealkylation sites (N-methyl/N-ethyl adjacent to an activating group) is 1. The van der Waals surface area contributed by atoms with E-state index in [2.05, 4.69) is 56.5 Å². The van der Waals surface area contributed by atoms with E-state index in [9.17, 15) is 4.79 Å². The molecule has 0 aliphatic rings. The van der Waals surface area contributed by atoms with E-state index in [0.29, 0.717) is 12.0 Å². The summed E-state index contributed by atoms with van der Waals surface area (Å²) in [4.78, 5) is 20.8. The molecule has 1 amide bonds. The van der Waals surface area contributed by atoms with Crippen LogP contribution in [0.15, 0.2) is 29.3 Å². The van der Waals surface area contributed by atoms with Gasteiger partial charge in [-0.2, -0.15) is 0 Å². The van der Waals surface area contributed by atoms with Crippen molar-refractivity contribution in [2.45, 2.75) is 39.7 Å². The Labute approximate surface area is 171 Å². The summed E-state index contributed by atoms with van der Waals surface area (Å²) >= 11 is 0. The summed E-state index contributed by atoms with van der Waals surface area (Å²) in [5.41, 5.74) is 1.87. The van der Waals surface area contributed by atoms with Gasteiger partial charge in [0.25, 0.3) is 5.91 Å². The highest BCUT2D eigenvalue weighted by atomic mass is 16.2. The molecule has 0 spiro atoms. The number of carbonyl (C=O) groups excluding carboxylic acids is 1. The SMILES string of the molecule is CCNC(=NCC(CC(C)C)N(C)C)NCCc1cccc(C(=O)N(C)C)c1. The fourth-order valence-electron chi connectivity index (χ4n) is 2.97. The highest BCUT2D eigenvalue weighted by Crippen LogP contribution is 2.10. The Bertz CT molecular complexity index is 625. The van der Waals surface area contributed by atoms with Crippen molar-refractivity contribution in [1.82, 2.24) is 20.4 Å². The number of hydrogen-bond acceptors (Lipinski definition) is 3. The molecular formula is C22H39N5O. The van der Waals surface area contributed by atoms with E-state index < -0.39 is 0 Å². The molecule has 0 aliphatic heterocycles. The smallest absolute Gasteiger partial charge is 0.253 e. The van der Waals surface area contributed by atoms with Crippen LogP contribution in [0.4, 0.5) is 0 Å². The predicted octanol–water partition coefficient (Wildman–Crippen LogP) is 2.46. The zero-order valence-corrected chi connectivity index (χ0v) is 18.7. The first-order valence-electron chi connectivity index (χ1n) is 10.2. The van der Waals surface area contributed by atoms with Gasteiger partial charge in [0.05, 0.1) is 6.54 Å². The number of nitrogens with zero attached hydrogens (tertiary/aromatic N) is 3. The van der Waals surface area contributed by atoms with Gasteiger partial charge in [0.2, 0.25) is 0 Å². The highest BCUT2D eigenvalue weighted by molar-refractivity contribution is 5.94. The maximum atomic E-state index is 12.1. The monoisotopic (exact) mass is 389 g/mol. The number of hydrogen-bond donors (Lipinski definition) is 2. The second-order valence-electron chi connectivity index (χ2n) is 8.04. The summed E-state index contributed by atoms with van der Waals surface area (Å²) in [5.74, 6) is 1.53. The third-order valence-corrected chi connectivity index (χ3v) is 4.56. The minimum Gasteiger partial charge on any atom is -0.357 e. The van der Waals surface area contributed by atoms with E-state index in [0.717, 1.165) is 49.6 Å². The normalized spacial score (nSPS) is 13.0. The fraction of sp³-hybridized carbons (Fsp3) is 0.636. The van der Waals surface area contributed by atoms with Crippen LogP contribution < -0.4 is 10.6 Å². The molecule has 0 aromatic heterocycles. The van der Waals surface area contributed by atoms with Crippen LogP contribution in [0.25, 0.3) is 0 Å². The van der Waals surface area contributed by atoms with Gasteiger partial charge in [0.1, 0.15) is 0 Å². The van der Waals surface area contributed by atoms with Crippen LogP contribution in [-0.2, 0) is 6.42 Å². The second-order valence-corrected chi connectivity index (χ2v) is 8.04. The van der Waals surface area contributed by atoms with Crippen molar-refractivity contribution in [3.8, 4) is 0 Å². The molecule has 6 nitrogen and oxygen atoms in total. The second kappa shape index (κ2) is 12.4. The van der Waals surface area contributed by atoms with E-state index >= 15 is 0 Å². The number of carbonyl (C=O) groups is 1. The lowest BCUT2D eigenvalue weighted by Gasteiger charge is -2.24. The number of rotatable bonds is 10. The van der Waals surface area contributed by atoms with Crippen molar-refractivity contribution in [1.29, 1.82) is 0 Å². The molecule has 0 saturated heterocycles. The number of guanidine groups is 1. The third-order valence-electron chi connectivity index (χ3n) is 4.56. The Morgan fingerprint density at radius 1 is 1.14 bits per heavy atom. The van der Waals surface area contributed by atoms with Gasteiger partial charge >= 0.3 is 0 Å². The molecule has 1 aromatic carbocycles. The van der Waals surface area contributed by atoms with Gasteiger partial charge in [-0.25, -0.2) is 0 Å². The van der Waals surface area contributed by atoms with E-state index in [4.69, 9.17) is 4.99 Å².